The van der Waals surface area contributed by atoms with Crippen molar-refractivity contribution in [2.45, 2.75) is 18.4 Å². The number of thioether (sulfide) groups is 1. The molecule has 0 unspecified atom stereocenters. The van der Waals surface area contributed by atoms with Gasteiger partial charge in [0.15, 0.2) is 9.50 Å². The number of carbonyl (C=O) groups excluding carboxylic acids is 1. The lowest BCUT2D eigenvalue weighted by Gasteiger charge is -2.19. The highest BCUT2D eigenvalue weighted by molar-refractivity contribution is 8.13. The average Bonchev–Trinajstić information content (AvgIpc) is 3.07. The molecule has 1 amide bonds. The first-order valence-corrected chi connectivity index (χ1v) is 11.6. The molecule has 0 aliphatic carbocycles. The maximum Gasteiger partial charge on any atom is 0.244 e. The Morgan fingerprint density at radius 2 is 2.10 bits per heavy atom. The molecule has 0 aliphatic rings. The molecule has 0 saturated carbocycles. The number of halogens is 1. The first-order valence-electron chi connectivity index (χ1n) is 7.98. The second-order valence-corrected chi connectivity index (χ2v) is 9.89. The molecule has 156 valence electrons. The van der Waals surface area contributed by atoms with E-state index in [1.165, 1.54) is 25.3 Å². The molecule has 0 saturated heterocycles. The van der Waals surface area contributed by atoms with E-state index in [1.54, 1.807) is 18.2 Å². The Balaban J connectivity index is 2.04. The Kier molecular flexibility index (Phi) is 8.52. The van der Waals surface area contributed by atoms with Gasteiger partial charge in [0.05, 0.1) is 16.5 Å². The van der Waals surface area contributed by atoms with Crippen molar-refractivity contribution in [1.82, 2.24) is 14.6 Å². The van der Waals surface area contributed by atoms with Crippen molar-refractivity contribution in [2.75, 3.05) is 12.3 Å². The molecule has 1 aromatic heterocycles. The van der Waals surface area contributed by atoms with Crippen LogP contribution < -0.4 is 4.72 Å². The van der Waals surface area contributed by atoms with Crippen LogP contribution in [0.25, 0.3) is 0 Å². The minimum atomic E-state index is -3.70. The van der Waals surface area contributed by atoms with E-state index >= 15 is 0 Å². The Labute approximate surface area is 180 Å². The Bertz CT molecular complexity index is 997. The van der Waals surface area contributed by atoms with Gasteiger partial charge in [-0.3, -0.25) is 9.69 Å². The third-order valence-corrected chi connectivity index (χ3v) is 6.84. The standard InChI is InChI=1S/C15H16ClN5O5S3/c1-11(22)20(10-12-9-17-14(16)28-12)15(19-21(23)24)27-8-7-18-29(25,26)13-5-3-2-4-6-13/h2-6,9,18H,7-8,10H2,1H3. The molecular formula is C15H16ClN5O5S3. The molecule has 2 aromatic rings. The Morgan fingerprint density at radius 1 is 1.41 bits per heavy atom. The summed E-state index contributed by atoms with van der Waals surface area (Å²) in [5, 5.41) is 13.1. The SMILES string of the molecule is CC(=O)N(Cc1cnc(Cl)s1)C(=N[N+](=O)[O-])SCCNS(=O)(=O)c1ccccc1. The molecule has 1 N–H and O–H groups in total. The maximum atomic E-state index is 12.2. The maximum absolute atomic E-state index is 12.2. The smallest absolute Gasteiger partial charge is 0.244 e. The van der Waals surface area contributed by atoms with E-state index < -0.39 is 21.0 Å². The third kappa shape index (κ3) is 7.36. The van der Waals surface area contributed by atoms with E-state index in [0.717, 1.165) is 28.0 Å². The number of rotatable bonds is 8. The van der Waals surface area contributed by atoms with Crippen molar-refractivity contribution < 1.29 is 18.2 Å². The number of amides is 1. The van der Waals surface area contributed by atoms with Gasteiger partial charge in [-0.1, -0.05) is 41.6 Å². The molecule has 1 aromatic carbocycles. The number of nitrogens with one attached hydrogen (secondary N) is 1. The lowest BCUT2D eigenvalue weighted by molar-refractivity contribution is -0.485. The van der Waals surface area contributed by atoms with Crippen LogP contribution >= 0.6 is 34.7 Å². The van der Waals surface area contributed by atoms with Gasteiger partial charge in [0.25, 0.3) is 0 Å². The lowest BCUT2D eigenvalue weighted by atomic mass is 10.4. The summed E-state index contributed by atoms with van der Waals surface area (Å²) in [7, 11) is -3.70. The molecular weight excluding hydrogens is 462 g/mol. The monoisotopic (exact) mass is 477 g/mol. The van der Waals surface area contributed by atoms with Crippen LogP contribution in [0, 0.1) is 10.1 Å². The molecule has 14 heteroatoms. The van der Waals surface area contributed by atoms with Crippen molar-refractivity contribution in [2.24, 2.45) is 5.10 Å². The van der Waals surface area contributed by atoms with E-state index in [4.69, 9.17) is 11.6 Å². The largest absolute Gasteiger partial charge is 0.281 e. The second kappa shape index (κ2) is 10.6. The summed E-state index contributed by atoms with van der Waals surface area (Å²) in [5.41, 5.74) is 0. The predicted molar refractivity (Wildman–Crippen MR) is 112 cm³/mol. The van der Waals surface area contributed by atoms with Crippen molar-refractivity contribution >= 4 is 55.8 Å². The van der Waals surface area contributed by atoms with Gasteiger partial charge in [-0.05, 0) is 12.1 Å². The van der Waals surface area contributed by atoms with Gasteiger partial charge in [-0.25, -0.2) is 28.2 Å². The number of hydrogen-bond acceptors (Lipinski definition) is 8. The van der Waals surface area contributed by atoms with Crippen LogP contribution in [0.4, 0.5) is 0 Å². The van der Waals surface area contributed by atoms with E-state index in [2.05, 4.69) is 14.8 Å². The molecule has 0 fully saturated rings. The van der Waals surface area contributed by atoms with Crippen molar-refractivity contribution in [3.8, 4) is 0 Å². The van der Waals surface area contributed by atoms with Crippen molar-refractivity contribution in [3.63, 3.8) is 0 Å². The van der Waals surface area contributed by atoms with Gasteiger partial charge in [0, 0.05) is 30.3 Å². The molecule has 0 bridgehead atoms. The fourth-order valence-electron chi connectivity index (χ4n) is 2.06. The molecule has 0 radical (unpaired) electrons. The highest BCUT2D eigenvalue weighted by Crippen LogP contribution is 2.21. The summed E-state index contributed by atoms with van der Waals surface area (Å²) >= 11 is 7.80. The zero-order chi connectivity index (χ0) is 21.4. The van der Waals surface area contributed by atoms with E-state index in [1.807, 2.05) is 0 Å². The number of carbonyl (C=O) groups is 1. The second-order valence-electron chi connectivity index (χ2n) is 5.36. The summed E-state index contributed by atoms with van der Waals surface area (Å²) in [4.78, 5) is 28.6. The zero-order valence-electron chi connectivity index (χ0n) is 15.0. The van der Waals surface area contributed by atoms with Crippen LogP contribution in [0.15, 0.2) is 46.5 Å². The van der Waals surface area contributed by atoms with Gasteiger partial charge in [-0.2, -0.15) is 0 Å². The number of nitro groups is 1. The topological polar surface area (TPSA) is 135 Å². The number of thiazole rings is 1. The summed E-state index contributed by atoms with van der Waals surface area (Å²) in [6.45, 7) is 1.24. The summed E-state index contributed by atoms with van der Waals surface area (Å²) in [6, 6.07) is 7.80. The molecule has 0 atom stereocenters. The van der Waals surface area contributed by atoms with Gasteiger partial charge < -0.3 is 0 Å². The highest BCUT2D eigenvalue weighted by Gasteiger charge is 2.22. The number of benzene rings is 1. The van der Waals surface area contributed by atoms with Crippen LogP contribution in [0.5, 0.6) is 0 Å². The van der Waals surface area contributed by atoms with E-state index in [0.29, 0.717) is 4.88 Å². The van der Waals surface area contributed by atoms with Crippen LogP contribution in [0.1, 0.15) is 11.8 Å². The summed E-state index contributed by atoms with van der Waals surface area (Å²) < 4.78 is 27.1. The number of aromatic nitrogens is 1. The summed E-state index contributed by atoms with van der Waals surface area (Å²) in [5.74, 6) is -0.348. The number of nitrogens with zero attached hydrogens (tertiary/aromatic N) is 4. The van der Waals surface area contributed by atoms with Crippen LogP contribution in [-0.2, 0) is 21.4 Å². The zero-order valence-corrected chi connectivity index (χ0v) is 18.2. The number of amidine groups is 1. The number of hydrogen-bond donors (Lipinski definition) is 1. The quantitative estimate of drug-likeness (QED) is 0.203. The van der Waals surface area contributed by atoms with Crippen molar-refractivity contribution in [3.05, 3.63) is 56.0 Å². The molecule has 1 heterocycles. The summed E-state index contributed by atoms with van der Waals surface area (Å²) in [6.07, 6.45) is 1.46. The first-order chi connectivity index (χ1) is 13.7. The Hall–Kier alpha value is -2.06. The van der Waals surface area contributed by atoms with Gasteiger partial charge in [0.2, 0.25) is 21.1 Å². The molecule has 2 rings (SSSR count). The fraction of sp³-hybridized carbons (Fsp3) is 0.267. The third-order valence-electron chi connectivity index (χ3n) is 3.30. The van der Waals surface area contributed by atoms with E-state index in [-0.39, 0.29) is 33.4 Å². The van der Waals surface area contributed by atoms with Gasteiger partial charge >= 0.3 is 0 Å². The first kappa shape index (κ1) is 23.2. The van der Waals surface area contributed by atoms with Crippen LogP contribution in [-0.4, -0.2) is 46.7 Å². The van der Waals surface area contributed by atoms with Gasteiger partial charge in [0.1, 0.15) is 0 Å². The highest BCUT2D eigenvalue weighted by atomic mass is 35.5. The fourth-order valence-corrected chi connectivity index (χ4v) is 5.07. The molecule has 10 nitrogen and oxygen atoms in total. The molecule has 0 spiro atoms. The van der Waals surface area contributed by atoms with Crippen LogP contribution in [0.2, 0.25) is 4.47 Å². The Morgan fingerprint density at radius 3 is 2.66 bits per heavy atom. The average molecular weight is 478 g/mol. The molecule has 29 heavy (non-hydrogen) atoms. The number of sulfonamides is 1. The minimum absolute atomic E-state index is 0.00906. The minimum Gasteiger partial charge on any atom is -0.281 e. The normalized spacial score (nSPS) is 12.0. The van der Waals surface area contributed by atoms with Gasteiger partial charge in [-0.15, -0.1) is 11.3 Å². The predicted octanol–water partition coefficient (Wildman–Crippen LogP) is 2.40. The van der Waals surface area contributed by atoms with E-state index in [9.17, 15) is 23.3 Å². The lowest BCUT2D eigenvalue weighted by Crippen LogP contribution is -2.34. The molecule has 0 aliphatic heterocycles. The van der Waals surface area contributed by atoms with Crippen molar-refractivity contribution in [1.29, 1.82) is 0 Å². The number of hydrazone groups is 1. The van der Waals surface area contributed by atoms with Crippen LogP contribution in [0.3, 0.4) is 0 Å².